The molecule has 14 heteroatoms. The van der Waals surface area contributed by atoms with E-state index >= 15 is 0 Å². The zero-order valence-corrected chi connectivity index (χ0v) is 12.1. The van der Waals surface area contributed by atoms with Crippen LogP contribution < -0.4 is 0 Å². The van der Waals surface area contributed by atoms with Gasteiger partial charge in [0.25, 0.3) is 0 Å². The van der Waals surface area contributed by atoms with Crippen LogP contribution in [0, 0.1) is 6.92 Å². The first-order valence-corrected chi connectivity index (χ1v) is 6.14. The summed E-state index contributed by atoms with van der Waals surface area (Å²) in [4.78, 5) is 3.02. The number of nitrogens with zero attached hydrogens (tertiary/aromatic N) is 1. The number of hydrogen-bond donors (Lipinski definition) is 0. The van der Waals surface area contributed by atoms with Crippen LogP contribution in [0.25, 0.3) is 0 Å². The molecule has 0 aliphatic heterocycles. The van der Waals surface area contributed by atoms with Gasteiger partial charge in [-0.15, -0.1) is 0 Å². The Hall–Kier alpha value is -1.76. The number of aromatic nitrogens is 1. The van der Waals surface area contributed by atoms with Gasteiger partial charge in [-0.3, -0.25) is 4.98 Å². The molecule has 0 saturated carbocycles. The molecular formula is C12H6F13N. The van der Waals surface area contributed by atoms with Gasteiger partial charge in [-0.25, -0.2) is 0 Å². The van der Waals surface area contributed by atoms with Gasteiger partial charge in [0.2, 0.25) is 0 Å². The monoisotopic (exact) mass is 411 g/mol. The van der Waals surface area contributed by atoms with Gasteiger partial charge in [-0.05, 0) is 19.1 Å². The molecule has 0 aliphatic carbocycles. The van der Waals surface area contributed by atoms with Gasteiger partial charge >= 0.3 is 35.8 Å². The molecule has 0 aliphatic rings. The molecule has 150 valence electrons. The molecule has 1 aromatic rings. The molecule has 0 radical (unpaired) electrons. The summed E-state index contributed by atoms with van der Waals surface area (Å²) in [6.07, 6.45) is -7.56. The largest absolute Gasteiger partial charge is 0.460 e. The molecular weight excluding hydrogens is 405 g/mol. The van der Waals surface area contributed by atoms with Crippen molar-refractivity contribution in [3.8, 4) is 0 Å². The van der Waals surface area contributed by atoms with Crippen LogP contribution in [0.1, 0.15) is 11.3 Å². The predicted molar refractivity (Wildman–Crippen MR) is 58.7 cm³/mol. The average Bonchev–Trinajstić information content (AvgIpc) is 2.45. The third-order valence-corrected chi connectivity index (χ3v) is 3.21. The van der Waals surface area contributed by atoms with Crippen LogP contribution in [-0.2, 0) is 5.92 Å². The first-order chi connectivity index (χ1) is 11.2. The van der Waals surface area contributed by atoms with Crippen molar-refractivity contribution in [2.24, 2.45) is 0 Å². The van der Waals surface area contributed by atoms with E-state index in [1.807, 2.05) is 0 Å². The van der Waals surface area contributed by atoms with Crippen LogP contribution in [0.5, 0.6) is 0 Å². The summed E-state index contributed by atoms with van der Waals surface area (Å²) in [7, 11) is 0. The van der Waals surface area contributed by atoms with E-state index in [9.17, 15) is 57.1 Å². The van der Waals surface area contributed by atoms with Crippen molar-refractivity contribution in [3.05, 3.63) is 29.6 Å². The van der Waals surface area contributed by atoms with Crippen LogP contribution in [0.4, 0.5) is 57.1 Å². The van der Waals surface area contributed by atoms with E-state index in [0.29, 0.717) is 6.07 Å². The summed E-state index contributed by atoms with van der Waals surface area (Å²) in [6, 6.07) is 0.617. The Labute approximate surface area is 135 Å². The lowest BCUT2D eigenvalue weighted by atomic mass is 9.91. The SMILES string of the molecule is Cc1ccc(C(F)(F)C(F)(F)C(F)(F)C(F)(F)C(F)(F)C(F)(F)F)cn1. The quantitative estimate of drug-likeness (QED) is 0.577. The molecule has 0 fully saturated rings. The second kappa shape index (κ2) is 5.87. The van der Waals surface area contributed by atoms with Crippen molar-refractivity contribution in [2.75, 3.05) is 0 Å². The van der Waals surface area contributed by atoms with Crippen molar-refractivity contribution < 1.29 is 57.1 Å². The Kier molecular flexibility index (Phi) is 5.03. The van der Waals surface area contributed by atoms with Gasteiger partial charge in [-0.1, -0.05) is 0 Å². The number of halogens is 13. The van der Waals surface area contributed by atoms with Gasteiger partial charge in [0, 0.05) is 17.5 Å². The van der Waals surface area contributed by atoms with Crippen LogP contribution in [-0.4, -0.2) is 34.9 Å². The Morgan fingerprint density at radius 1 is 0.615 bits per heavy atom. The van der Waals surface area contributed by atoms with Crippen LogP contribution >= 0.6 is 0 Å². The summed E-state index contributed by atoms with van der Waals surface area (Å²) in [5.41, 5.74) is -2.20. The minimum Gasteiger partial charge on any atom is -0.261 e. The third kappa shape index (κ3) is 2.86. The number of pyridine rings is 1. The first kappa shape index (κ1) is 22.3. The summed E-state index contributed by atoms with van der Waals surface area (Å²) >= 11 is 0. The molecule has 0 bridgehead atoms. The maximum atomic E-state index is 13.6. The standard InChI is InChI=1S/C12H6F13N/c1-5-2-3-6(4-26-5)7(13,14)8(15,16)9(17,18)10(19,20)11(21,22)12(23,24)25/h2-4H,1H3. The molecule has 1 aromatic heterocycles. The smallest absolute Gasteiger partial charge is 0.261 e. The van der Waals surface area contributed by atoms with Crippen molar-refractivity contribution in [2.45, 2.75) is 42.7 Å². The molecule has 26 heavy (non-hydrogen) atoms. The lowest BCUT2D eigenvalue weighted by molar-refractivity contribution is -0.441. The number of alkyl halides is 13. The topological polar surface area (TPSA) is 12.9 Å². The number of hydrogen-bond acceptors (Lipinski definition) is 1. The fourth-order valence-corrected chi connectivity index (χ4v) is 1.60. The normalized spacial score (nSPS) is 15.3. The maximum Gasteiger partial charge on any atom is 0.460 e. The fraction of sp³-hybridized carbons (Fsp3) is 0.583. The van der Waals surface area contributed by atoms with Crippen LogP contribution in [0.2, 0.25) is 0 Å². The highest BCUT2D eigenvalue weighted by atomic mass is 19.4. The highest BCUT2D eigenvalue weighted by Gasteiger charge is 2.90. The van der Waals surface area contributed by atoms with Gasteiger partial charge in [-0.2, -0.15) is 57.1 Å². The van der Waals surface area contributed by atoms with Gasteiger partial charge in [0.1, 0.15) is 0 Å². The molecule has 0 N–H and O–H groups in total. The third-order valence-electron chi connectivity index (χ3n) is 3.21. The van der Waals surface area contributed by atoms with Crippen molar-refractivity contribution in [3.63, 3.8) is 0 Å². The molecule has 0 unspecified atom stereocenters. The summed E-state index contributed by atoms with van der Waals surface area (Å²) in [6.45, 7) is 1.13. The molecule has 0 aromatic carbocycles. The van der Waals surface area contributed by atoms with E-state index in [1.165, 1.54) is 0 Å². The lowest BCUT2D eigenvalue weighted by Gasteiger charge is -2.39. The van der Waals surface area contributed by atoms with Crippen molar-refractivity contribution in [1.29, 1.82) is 0 Å². The van der Waals surface area contributed by atoms with E-state index in [4.69, 9.17) is 0 Å². The van der Waals surface area contributed by atoms with Crippen LogP contribution in [0.15, 0.2) is 18.3 Å². The van der Waals surface area contributed by atoms with Crippen LogP contribution in [0.3, 0.4) is 0 Å². The summed E-state index contributed by atoms with van der Waals surface area (Å²) in [5, 5.41) is 0. The van der Waals surface area contributed by atoms with Gasteiger partial charge < -0.3 is 0 Å². The van der Waals surface area contributed by atoms with Crippen molar-refractivity contribution >= 4 is 0 Å². The van der Waals surface area contributed by atoms with Crippen molar-refractivity contribution in [1.82, 2.24) is 4.98 Å². The molecule has 0 spiro atoms. The Bertz CT molecular complexity index is 644. The minimum absolute atomic E-state index is 0.0480. The van der Waals surface area contributed by atoms with Gasteiger partial charge in [0.15, 0.2) is 0 Å². The molecule has 1 heterocycles. The zero-order valence-electron chi connectivity index (χ0n) is 12.1. The molecule has 0 amide bonds. The number of rotatable bonds is 5. The Morgan fingerprint density at radius 3 is 1.38 bits per heavy atom. The molecule has 1 nitrogen and oxygen atoms in total. The highest BCUT2D eigenvalue weighted by molar-refractivity contribution is 5.24. The number of aryl methyl sites for hydroxylation is 1. The zero-order chi connectivity index (χ0) is 21.0. The highest BCUT2D eigenvalue weighted by Crippen LogP contribution is 2.61. The Balaban J connectivity index is 3.55. The van der Waals surface area contributed by atoms with E-state index in [-0.39, 0.29) is 18.0 Å². The first-order valence-electron chi connectivity index (χ1n) is 6.14. The second-order valence-corrected chi connectivity index (χ2v) is 5.06. The van der Waals surface area contributed by atoms with Gasteiger partial charge in [0.05, 0.1) is 0 Å². The maximum absolute atomic E-state index is 13.6. The minimum atomic E-state index is -7.90. The lowest BCUT2D eigenvalue weighted by Crippen LogP contribution is -2.69. The summed E-state index contributed by atoms with van der Waals surface area (Å²) < 4.78 is 168. The molecule has 0 atom stereocenters. The van der Waals surface area contributed by atoms with E-state index in [1.54, 1.807) is 0 Å². The molecule has 0 saturated heterocycles. The van der Waals surface area contributed by atoms with E-state index < -0.39 is 41.4 Å². The summed E-state index contributed by atoms with van der Waals surface area (Å²) in [5.74, 6) is -37.0. The van der Waals surface area contributed by atoms with E-state index in [2.05, 4.69) is 4.98 Å². The second-order valence-electron chi connectivity index (χ2n) is 5.06. The molecule has 1 rings (SSSR count). The fourth-order valence-electron chi connectivity index (χ4n) is 1.60. The predicted octanol–water partition coefficient (Wildman–Crippen LogP) is 5.59. The average molecular weight is 411 g/mol. The van der Waals surface area contributed by atoms with E-state index in [0.717, 1.165) is 6.92 Å². The Morgan fingerprint density at radius 2 is 1.04 bits per heavy atom.